The fourth-order valence-electron chi connectivity index (χ4n) is 3.59. The van der Waals surface area contributed by atoms with Crippen LogP contribution < -0.4 is 11.3 Å². The van der Waals surface area contributed by atoms with Crippen LogP contribution in [0.25, 0.3) is 0 Å². The molecule has 0 heterocycles. The molecule has 0 radical (unpaired) electrons. The van der Waals surface area contributed by atoms with Crippen LogP contribution >= 0.6 is 0 Å². The summed E-state index contributed by atoms with van der Waals surface area (Å²) in [5.41, 5.74) is 7.08. The van der Waals surface area contributed by atoms with E-state index < -0.39 is 0 Å². The van der Waals surface area contributed by atoms with Crippen LogP contribution in [0, 0.1) is 31.6 Å². The molecular formula is C17H28N2. The Morgan fingerprint density at radius 2 is 1.68 bits per heavy atom. The summed E-state index contributed by atoms with van der Waals surface area (Å²) in [4.78, 5) is 0. The van der Waals surface area contributed by atoms with Crippen molar-refractivity contribution in [2.75, 3.05) is 0 Å². The number of hydrogen-bond acceptors (Lipinski definition) is 2. The van der Waals surface area contributed by atoms with Gasteiger partial charge in [0.1, 0.15) is 0 Å². The lowest BCUT2D eigenvalue weighted by Gasteiger charge is -2.36. The lowest BCUT2D eigenvalue weighted by molar-refractivity contribution is 0.171. The number of aryl methyl sites for hydroxylation is 2. The molecule has 0 bridgehead atoms. The van der Waals surface area contributed by atoms with Crippen LogP contribution in [0.5, 0.6) is 0 Å². The van der Waals surface area contributed by atoms with E-state index >= 15 is 0 Å². The molecule has 19 heavy (non-hydrogen) atoms. The molecule has 0 aromatic heterocycles. The molecular weight excluding hydrogens is 232 g/mol. The van der Waals surface area contributed by atoms with Crippen LogP contribution in [0.15, 0.2) is 18.2 Å². The summed E-state index contributed by atoms with van der Waals surface area (Å²) in [6.45, 7) is 9.08. The molecule has 1 aliphatic carbocycles. The third-order valence-electron chi connectivity index (χ3n) is 4.89. The molecule has 2 rings (SSSR count). The highest BCUT2D eigenvalue weighted by atomic mass is 15.2. The van der Waals surface area contributed by atoms with E-state index in [4.69, 9.17) is 5.84 Å². The lowest BCUT2D eigenvalue weighted by atomic mass is 9.72. The minimum absolute atomic E-state index is 0.300. The summed E-state index contributed by atoms with van der Waals surface area (Å²) < 4.78 is 0. The maximum absolute atomic E-state index is 5.87. The lowest BCUT2D eigenvalue weighted by Crippen LogP contribution is -2.37. The molecule has 1 aromatic rings. The fourth-order valence-corrected chi connectivity index (χ4v) is 3.59. The van der Waals surface area contributed by atoms with Crippen molar-refractivity contribution in [3.05, 3.63) is 34.9 Å². The van der Waals surface area contributed by atoms with Gasteiger partial charge in [-0.3, -0.25) is 11.3 Å². The van der Waals surface area contributed by atoms with Crippen molar-refractivity contribution in [3.63, 3.8) is 0 Å². The average molecular weight is 260 g/mol. The van der Waals surface area contributed by atoms with E-state index in [-0.39, 0.29) is 0 Å². The molecule has 2 nitrogen and oxygen atoms in total. The maximum atomic E-state index is 5.87. The first-order valence-electron chi connectivity index (χ1n) is 7.55. The average Bonchev–Trinajstić information content (AvgIpc) is 2.33. The van der Waals surface area contributed by atoms with Crippen LogP contribution in [0.1, 0.15) is 55.8 Å². The van der Waals surface area contributed by atoms with Crippen LogP contribution in [0.4, 0.5) is 0 Å². The number of hydrazine groups is 1. The van der Waals surface area contributed by atoms with Crippen molar-refractivity contribution < 1.29 is 0 Å². The number of nitrogens with two attached hydrogens (primary N) is 1. The van der Waals surface area contributed by atoms with Crippen molar-refractivity contribution in [2.24, 2.45) is 23.6 Å². The largest absolute Gasteiger partial charge is 0.271 e. The van der Waals surface area contributed by atoms with E-state index in [2.05, 4.69) is 51.3 Å². The zero-order valence-electron chi connectivity index (χ0n) is 12.7. The van der Waals surface area contributed by atoms with Gasteiger partial charge in [0.2, 0.25) is 0 Å². The first-order chi connectivity index (χ1) is 9.01. The topological polar surface area (TPSA) is 38.0 Å². The first kappa shape index (κ1) is 14.5. The predicted octanol–water partition coefficient (Wildman–Crippen LogP) is 3.88. The standard InChI is InChI=1S/C17H28N2/c1-11-7-12(2)9-16(8-11)17(19-18)15-6-5-13(3)14(4)10-15/h7-9,13-15,17,19H,5-6,10,18H2,1-4H3. The molecule has 1 aliphatic rings. The van der Waals surface area contributed by atoms with Crippen LogP contribution in [-0.2, 0) is 0 Å². The third-order valence-corrected chi connectivity index (χ3v) is 4.89. The highest BCUT2D eigenvalue weighted by Gasteiger charge is 2.30. The third kappa shape index (κ3) is 3.37. The first-order valence-corrected chi connectivity index (χ1v) is 7.55. The molecule has 3 N–H and O–H groups in total. The summed E-state index contributed by atoms with van der Waals surface area (Å²) in [6.07, 6.45) is 3.89. The van der Waals surface area contributed by atoms with E-state index in [0.29, 0.717) is 12.0 Å². The second-order valence-corrected chi connectivity index (χ2v) is 6.59. The van der Waals surface area contributed by atoms with Gasteiger partial charge < -0.3 is 0 Å². The van der Waals surface area contributed by atoms with Gasteiger partial charge in [-0.25, -0.2) is 0 Å². The summed E-state index contributed by atoms with van der Waals surface area (Å²) >= 11 is 0. The van der Waals surface area contributed by atoms with E-state index in [1.54, 1.807) is 0 Å². The Hall–Kier alpha value is -0.860. The van der Waals surface area contributed by atoms with Crippen LogP contribution in [0.2, 0.25) is 0 Å². The number of nitrogens with one attached hydrogen (secondary N) is 1. The molecule has 0 aliphatic heterocycles. The Morgan fingerprint density at radius 1 is 1.05 bits per heavy atom. The summed E-state index contributed by atoms with van der Waals surface area (Å²) in [6, 6.07) is 7.08. The van der Waals surface area contributed by atoms with Crippen molar-refractivity contribution in [3.8, 4) is 0 Å². The van der Waals surface area contributed by atoms with E-state index in [9.17, 15) is 0 Å². The number of benzene rings is 1. The molecule has 4 unspecified atom stereocenters. The molecule has 1 fully saturated rings. The second-order valence-electron chi connectivity index (χ2n) is 6.59. The molecule has 2 heteroatoms. The van der Waals surface area contributed by atoms with Gasteiger partial charge >= 0.3 is 0 Å². The zero-order valence-corrected chi connectivity index (χ0v) is 12.7. The molecule has 0 amide bonds. The monoisotopic (exact) mass is 260 g/mol. The van der Waals surface area contributed by atoms with E-state index in [1.165, 1.54) is 36.0 Å². The predicted molar refractivity (Wildman–Crippen MR) is 81.6 cm³/mol. The van der Waals surface area contributed by atoms with E-state index in [1.807, 2.05) is 0 Å². The van der Waals surface area contributed by atoms with Crippen LogP contribution in [0.3, 0.4) is 0 Å². The SMILES string of the molecule is Cc1cc(C)cc(C(NN)C2CCC(C)C(C)C2)c1. The zero-order chi connectivity index (χ0) is 14.0. The van der Waals surface area contributed by atoms with Crippen molar-refractivity contribution in [2.45, 2.75) is 53.0 Å². The molecule has 4 atom stereocenters. The maximum Gasteiger partial charge on any atom is 0.0488 e. The van der Waals surface area contributed by atoms with Gasteiger partial charge in [0.15, 0.2) is 0 Å². The molecule has 106 valence electrons. The second kappa shape index (κ2) is 6.06. The Labute approximate surface area is 117 Å². The highest BCUT2D eigenvalue weighted by Crippen LogP contribution is 2.39. The van der Waals surface area contributed by atoms with Gasteiger partial charge in [0, 0.05) is 6.04 Å². The molecule has 0 saturated heterocycles. The number of rotatable bonds is 3. The van der Waals surface area contributed by atoms with Crippen molar-refractivity contribution in [1.29, 1.82) is 0 Å². The Morgan fingerprint density at radius 3 is 2.21 bits per heavy atom. The van der Waals surface area contributed by atoms with Gasteiger partial charge in [0.05, 0.1) is 0 Å². The smallest absolute Gasteiger partial charge is 0.0488 e. The fraction of sp³-hybridized carbons (Fsp3) is 0.647. The molecule has 1 saturated carbocycles. The van der Waals surface area contributed by atoms with Gasteiger partial charge in [-0.15, -0.1) is 0 Å². The Bertz CT molecular complexity index is 407. The summed E-state index contributed by atoms with van der Waals surface area (Å²) in [5, 5.41) is 0. The van der Waals surface area contributed by atoms with E-state index in [0.717, 1.165) is 11.8 Å². The normalized spacial score (nSPS) is 29.2. The minimum Gasteiger partial charge on any atom is -0.271 e. The van der Waals surface area contributed by atoms with Crippen molar-refractivity contribution >= 4 is 0 Å². The Balaban J connectivity index is 2.19. The van der Waals surface area contributed by atoms with Gasteiger partial charge in [-0.05, 0) is 50.0 Å². The van der Waals surface area contributed by atoms with Crippen molar-refractivity contribution in [1.82, 2.24) is 5.43 Å². The highest BCUT2D eigenvalue weighted by molar-refractivity contribution is 5.31. The van der Waals surface area contributed by atoms with Gasteiger partial charge in [-0.2, -0.15) is 0 Å². The Kier molecular flexibility index (Phi) is 4.64. The summed E-state index contributed by atoms with van der Waals surface area (Å²) in [7, 11) is 0. The molecule has 1 aromatic carbocycles. The van der Waals surface area contributed by atoms with Crippen LogP contribution in [-0.4, -0.2) is 0 Å². The summed E-state index contributed by atoms with van der Waals surface area (Å²) in [5.74, 6) is 8.19. The number of hydrogen-bond donors (Lipinski definition) is 2. The molecule has 0 spiro atoms. The van der Waals surface area contributed by atoms with Gasteiger partial charge in [0.25, 0.3) is 0 Å². The quantitative estimate of drug-likeness (QED) is 0.639. The minimum atomic E-state index is 0.300. The van der Waals surface area contributed by atoms with Gasteiger partial charge in [-0.1, -0.05) is 49.6 Å².